The lowest BCUT2D eigenvalue weighted by Gasteiger charge is -2.20. The molecule has 0 saturated carbocycles. The molecule has 0 aromatic carbocycles. The van der Waals surface area contributed by atoms with Gasteiger partial charge in [-0.25, -0.2) is 0 Å². The van der Waals surface area contributed by atoms with Crippen LogP contribution < -0.4 is 0 Å². The van der Waals surface area contributed by atoms with Crippen LogP contribution in [0.2, 0.25) is 0 Å². The fraction of sp³-hybridized carbons (Fsp3) is 0.800. The Morgan fingerprint density at radius 3 is 2.71 bits per heavy atom. The zero-order chi connectivity index (χ0) is 15.7. The number of carbonyl (C=O) groups is 1. The van der Waals surface area contributed by atoms with Gasteiger partial charge in [0, 0.05) is 6.42 Å². The number of hydrogen-bond donors (Lipinski definition) is 3. The highest BCUT2D eigenvalue weighted by Crippen LogP contribution is 2.17. The minimum Gasteiger partial charge on any atom is -0.463 e. The van der Waals surface area contributed by atoms with Crippen molar-refractivity contribution < 1.29 is 29.6 Å². The third kappa shape index (κ3) is 6.56. The van der Waals surface area contributed by atoms with E-state index in [-0.39, 0.29) is 19.2 Å². The molecule has 1 aliphatic rings. The lowest BCUT2D eigenvalue weighted by molar-refractivity contribution is -0.151. The molecule has 0 aromatic rings. The summed E-state index contributed by atoms with van der Waals surface area (Å²) in [7, 11) is 0. The number of aliphatic hydroxyl groups excluding tert-OH is 3. The van der Waals surface area contributed by atoms with Crippen LogP contribution in [0, 0.1) is 0 Å². The number of carbonyl (C=O) groups excluding carboxylic acids is 1. The average molecular weight is 302 g/mol. The highest BCUT2D eigenvalue weighted by Gasteiger charge is 2.39. The highest BCUT2D eigenvalue weighted by molar-refractivity contribution is 5.69. The maximum atomic E-state index is 11.5. The first kappa shape index (κ1) is 18.1. The molecule has 4 atom stereocenters. The predicted octanol–water partition coefficient (Wildman–Crippen LogP) is 0.538. The van der Waals surface area contributed by atoms with Crippen LogP contribution in [-0.2, 0) is 14.3 Å². The molecule has 1 aliphatic heterocycles. The zero-order valence-corrected chi connectivity index (χ0v) is 12.5. The molecule has 0 amide bonds. The summed E-state index contributed by atoms with van der Waals surface area (Å²) in [6.45, 7) is 1.84. The van der Waals surface area contributed by atoms with Gasteiger partial charge in [0.1, 0.15) is 31.0 Å². The fourth-order valence-electron chi connectivity index (χ4n) is 2.08. The smallest absolute Gasteiger partial charge is 0.305 e. The van der Waals surface area contributed by atoms with E-state index in [2.05, 4.69) is 19.1 Å². The number of hydrogen-bond acceptors (Lipinski definition) is 6. The molecule has 1 rings (SSSR count). The van der Waals surface area contributed by atoms with Crippen LogP contribution in [0.1, 0.15) is 39.0 Å². The van der Waals surface area contributed by atoms with Crippen LogP contribution in [0.4, 0.5) is 0 Å². The lowest BCUT2D eigenvalue weighted by Crippen LogP contribution is -2.41. The first-order valence-corrected chi connectivity index (χ1v) is 7.52. The summed E-state index contributed by atoms with van der Waals surface area (Å²) in [4.78, 5) is 11.5. The van der Waals surface area contributed by atoms with Crippen molar-refractivity contribution in [2.45, 2.75) is 63.4 Å². The van der Waals surface area contributed by atoms with Gasteiger partial charge in [-0.3, -0.25) is 4.79 Å². The van der Waals surface area contributed by atoms with E-state index >= 15 is 0 Å². The molecule has 0 aromatic heterocycles. The van der Waals surface area contributed by atoms with Crippen molar-refractivity contribution in [1.29, 1.82) is 0 Å². The molecule has 1 unspecified atom stereocenters. The van der Waals surface area contributed by atoms with E-state index in [1.54, 1.807) is 0 Å². The topological polar surface area (TPSA) is 96.2 Å². The Morgan fingerprint density at radius 1 is 1.38 bits per heavy atom. The van der Waals surface area contributed by atoms with E-state index in [0.717, 1.165) is 19.3 Å². The van der Waals surface area contributed by atoms with Gasteiger partial charge >= 0.3 is 5.97 Å². The van der Waals surface area contributed by atoms with Crippen molar-refractivity contribution in [1.82, 2.24) is 0 Å². The minimum absolute atomic E-state index is 0.0269. The number of allylic oxidation sites excluding steroid dienone is 2. The molecule has 1 fully saturated rings. The molecule has 6 nitrogen and oxygen atoms in total. The molecular weight excluding hydrogens is 276 g/mol. The van der Waals surface area contributed by atoms with E-state index in [4.69, 9.17) is 9.47 Å². The molecule has 21 heavy (non-hydrogen) atoms. The second-order valence-corrected chi connectivity index (χ2v) is 5.26. The summed E-state index contributed by atoms with van der Waals surface area (Å²) in [6, 6.07) is 0. The maximum Gasteiger partial charge on any atom is 0.305 e. The molecule has 0 aliphatic carbocycles. The predicted molar refractivity (Wildman–Crippen MR) is 76.6 cm³/mol. The number of rotatable bonds is 9. The van der Waals surface area contributed by atoms with E-state index < -0.39 is 24.4 Å². The van der Waals surface area contributed by atoms with Crippen LogP contribution >= 0.6 is 0 Å². The fourth-order valence-corrected chi connectivity index (χ4v) is 2.08. The van der Waals surface area contributed by atoms with Crippen molar-refractivity contribution in [3.05, 3.63) is 12.2 Å². The van der Waals surface area contributed by atoms with Crippen LogP contribution in [0.3, 0.4) is 0 Å². The number of esters is 1. The van der Waals surface area contributed by atoms with Gasteiger partial charge in [-0.1, -0.05) is 25.5 Å². The number of aliphatic hydroxyl groups is 3. The lowest BCUT2D eigenvalue weighted by atomic mass is 10.1. The SMILES string of the molecule is CCC/C=C\CCCC(=O)OC[C@@H](O)[C@H]1OC[C@H](O)C1O. The Balaban J connectivity index is 2.12. The Labute approximate surface area is 125 Å². The monoisotopic (exact) mass is 302 g/mol. The maximum absolute atomic E-state index is 11.5. The third-order valence-corrected chi connectivity index (χ3v) is 3.36. The third-order valence-electron chi connectivity index (χ3n) is 3.36. The summed E-state index contributed by atoms with van der Waals surface area (Å²) in [5.74, 6) is -0.383. The first-order valence-electron chi connectivity index (χ1n) is 7.52. The Kier molecular flexibility index (Phi) is 8.52. The van der Waals surface area contributed by atoms with Crippen molar-refractivity contribution in [2.75, 3.05) is 13.2 Å². The zero-order valence-electron chi connectivity index (χ0n) is 12.5. The largest absolute Gasteiger partial charge is 0.463 e. The first-order chi connectivity index (χ1) is 10.1. The van der Waals surface area contributed by atoms with Crippen molar-refractivity contribution in [3.63, 3.8) is 0 Å². The van der Waals surface area contributed by atoms with Gasteiger partial charge in [0.15, 0.2) is 0 Å². The van der Waals surface area contributed by atoms with Crippen molar-refractivity contribution in [2.24, 2.45) is 0 Å². The molecule has 0 bridgehead atoms. The summed E-state index contributed by atoms with van der Waals surface area (Å²) in [5.41, 5.74) is 0. The van der Waals surface area contributed by atoms with Gasteiger partial charge in [0.2, 0.25) is 0 Å². The molecular formula is C15H26O6. The standard InChI is InChI=1S/C15H26O6/c1-2-3-4-5-6-7-8-13(18)20-10-12(17)15-14(19)11(16)9-21-15/h4-5,11-12,14-17,19H,2-3,6-10H2,1H3/b5-4-/t11-,12+,14?,15+/m0/s1. The molecule has 3 N–H and O–H groups in total. The van der Waals surface area contributed by atoms with Gasteiger partial charge in [-0.05, 0) is 19.3 Å². The number of ether oxygens (including phenoxy) is 2. The van der Waals surface area contributed by atoms with E-state index in [1.807, 2.05) is 0 Å². The van der Waals surface area contributed by atoms with Gasteiger partial charge in [0.05, 0.1) is 6.61 Å². The van der Waals surface area contributed by atoms with Gasteiger partial charge in [-0.2, -0.15) is 0 Å². The summed E-state index contributed by atoms with van der Waals surface area (Å²) < 4.78 is 10.00. The van der Waals surface area contributed by atoms with Crippen LogP contribution in [0.15, 0.2) is 12.2 Å². The van der Waals surface area contributed by atoms with Gasteiger partial charge < -0.3 is 24.8 Å². The second kappa shape index (κ2) is 9.89. The summed E-state index contributed by atoms with van der Waals surface area (Å²) in [5, 5.41) is 28.6. The van der Waals surface area contributed by atoms with Crippen molar-refractivity contribution in [3.8, 4) is 0 Å². The quantitative estimate of drug-likeness (QED) is 0.327. The normalized spacial score (nSPS) is 27.1. The van der Waals surface area contributed by atoms with Crippen LogP contribution in [0.5, 0.6) is 0 Å². The molecule has 0 spiro atoms. The van der Waals surface area contributed by atoms with Crippen LogP contribution in [-0.4, -0.2) is 58.9 Å². The summed E-state index contributed by atoms with van der Waals surface area (Å²) >= 11 is 0. The molecule has 1 heterocycles. The Morgan fingerprint density at radius 2 is 2.10 bits per heavy atom. The highest BCUT2D eigenvalue weighted by atomic mass is 16.6. The second-order valence-electron chi connectivity index (χ2n) is 5.26. The number of unbranched alkanes of at least 4 members (excludes halogenated alkanes) is 2. The van der Waals surface area contributed by atoms with E-state index in [1.165, 1.54) is 0 Å². The van der Waals surface area contributed by atoms with E-state index in [9.17, 15) is 20.1 Å². The van der Waals surface area contributed by atoms with Crippen LogP contribution in [0.25, 0.3) is 0 Å². The Hall–Kier alpha value is -0.950. The molecule has 1 saturated heterocycles. The van der Waals surface area contributed by atoms with Gasteiger partial charge in [-0.15, -0.1) is 0 Å². The molecule has 122 valence electrons. The average Bonchev–Trinajstić information content (AvgIpc) is 2.80. The van der Waals surface area contributed by atoms with Crippen molar-refractivity contribution >= 4 is 5.97 Å². The molecule has 0 radical (unpaired) electrons. The Bertz CT molecular complexity index is 330. The molecule has 6 heteroatoms. The van der Waals surface area contributed by atoms with Gasteiger partial charge in [0.25, 0.3) is 0 Å². The van der Waals surface area contributed by atoms with E-state index in [0.29, 0.717) is 12.8 Å². The summed E-state index contributed by atoms with van der Waals surface area (Å²) in [6.07, 6.45) is 3.93. The minimum atomic E-state index is -1.15.